The van der Waals surface area contributed by atoms with Crippen molar-refractivity contribution in [2.75, 3.05) is 7.11 Å². The molecule has 0 atom stereocenters. The third-order valence-corrected chi connectivity index (χ3v) is 3.38. The van der Waals surface area contributed by atoms with E-state index in [0.29, 0.717) is 26.0 Å². The second-order valence-electron chi connectivity index (χ2n) is 2.87. The van der Waals surface area contributed by atoms with E-state index in [1.807, 2.05) is 0 Å². The SMILES string of the molecule is COC(=O)c1c(Br)c(Cl)cc2[nH]ncc12. The average molecular weight is 290 g/mol. The quantitative estimate of drug-likeness (QED) is 0.821. The Morgan fingerprint density at radius 2 is 2.40 bits per heavy atom. The number of esters is 1. The fourth-order valence-electron chi connectivity index (χ4n) is 1.33. The van der Waals surface area contributed by atoms with Crippen LogP contribution < -0.4 is 0 Å². The van der Waals surface area contributed by atoms with E-state index < -0.39 is 5.97 Å². The maximum atomic E-state index is 11.5. The molecule has 2 rings (SSSR count). The Kier molecular flexibility index (Phi) is 2.67. The molecular formula is C9H6BrClN2O2. The maximum absolute atomic E-state index is 11.5. The molecule has 0 saturated heterocycles. The number of rotatable bonds is 1. The summed E-state index contributed by atoms with van der Waals surface area (Å²) < 4.78 is 5.20. The minimum atomic E-state index is -0.448. The summed E-state index contributed by atoms with van der Waals surface area (Å²) in [5.41, 5.74) is 1.08. The predicted octanol–water partition coefficient (Wildman–Crippen LogP) is 2.77. The molecule has 4 nitrogen and oxygen atoms in total. The summed E-state index contributed by atoms with van der Waals surface area (Å²) in [7, 11) is 1.32. The lowest BCUT2D eigenvalue weighted by molar-refractivity contribution is 0.0602. The van der Waals surface area contributed by atoms with Crippen LogP contribution in [0.15, 0.2) is 16.7 Å². The molecule has 0 unspecified atom stereocenters. The van der Waals surface area contributed by atoms with Crippen LogP contribution in [0.5, 0.6) is 0 Å². The number of nitrogens with zero attached hydrogens (tertiary/aromatic N) is 1. The molecule has 0 aliphatic rings. The van der Waals surface area contributed by atoms with E-state index in [0.717, 1.165) is 0 Å². The van der Waals surface area contributed by atoms with Crippen molar-refractivity contribution < 1.29 is 9.53 Å². The van der Waals surface area contributed by atoms with Gasteiger partial charge in [0.15, 0.2) is 0 Å². The summed E-state index contributed by atoms with van der Waals surface area (Å²) in [5, 5.41) is 7.71. The van der Waals surface area contributed by atoms with Gasteiger partial charge in [-0.05, 0) is 22.0 Å². The molecule has 1 aromatic carbocycles. The first-order valence-electron chi connectivity index (χ1n) is 4.04. The lowest BCUT2D eigenvalue weighted by Gasteiger charge is -2.05. The van der Waals surface area contributed by atoms with Gasteiger partial charge in [0.1, 0.15) is 0 Å². The lowest BCUT2D eigenvalue weighted by Crippen LogP contribution is -2.03. The molecule has 2 aromatic rings. The molecular weight excluding hydrogens is 283 g/mol. The van der Waals surface area contributed by atoms with Gasteiger partial charge in [0.2, 0.25) is 0 Å². The number of benzene rings is 1. The normalized spacial score (nSPS) is 10.6. The van der Waals surface area contributed by atoms with E-state index in [4.69, 9.17) is 11.6 Å². The zero-order chi connectivity index (χ0) is 11.0. The Hall–Kier alpha value is -1.07. The molecule has 0 saturated carbocycles. The molecule has 0 amide bonds. The minimum absolute atomic E-state index is 0.383. The van der Waals surface area contributed by atoms with Crippen molar-refractivity contribution in [2.45, 2.75) is 0 Å². The number of carbonyl (C=O) groups excluding carboxylic acids is 1. The van der Waals surface area contributed by atoms with Crippen molar-refractivity contribution in [1.29, 1.82) is 0 Å². The van der Waals surface area contributed by atoms with Crippen molar-refractivity contribution in [3.05, 3.63) is 27.3 Å². The van der Waals surface area contributed by atoms with Crippen molar-refractivity contribution in [3.63, 3.8) is 0 Å². The Balaban J connectivity index is 2.83. The molecule has 6 heteroatoms. The molecule has 0 fully saturated rings. The van der Waals surface area contributed by atoms with Crippen LogP contribution in [0.1, 0.15) is 10.4 Å². The molecule has 0 spiro atoms. The fraction of sp³-hybridized carbons (Fsp3) is 0.111. The highest BCUT2D eigenvalue weighted by atomic mass is 79.9. The van der Waals surface area contributed by atoms with Gasteiger partial charge in [-0.2, -0.15) is 5.10 Å². The summed E-state index contributed by atoms with van der Waals surface area (Å²) in [6, 6.07) is 1.69. The lowest BCUT2D eigenvalue weighted by atomic mass is 10.1. The number of carbonyl (C=O) groups is 1. The van der Waals surface area contributed by atoms with Gasteiger partial charge in [0.25, 0.3) is 0 Å². The predicted molar refractivity (Wildman–Crippen MR) is 60.1 cm³/mol. The van der Waals surface area contributed by atoms with Crippen LogP contribution in [0.4, 0.5) is 0 Å². The number of hydrogen-bond acceptors (Lipinski definition) is 3. The van der Waals surface area contributed by atoms with Gasteiger partial charge in [-0.1, -0.05) is 11.6 Å². The van der Waals surface area contributed by atoms with E-state index >= 15 is 0 Å². The number of aromatic nitrogens is 2. The number of hydrogen-bond donors (Lipinski definition) is 1. The first-order chi connectivity index (χ1) is 7.15. The van der Waals surface area contributed by atoms with E-state index in [1.165, 1.54) is 7.11 Å². The number of methoxy groups -OCH3 is 1. The van der Waals surface area contributed by atoms with E-state index in [9.17, 15) is 4.79 Å². The van der Waals surface area contributed by atoms with Crippen molar-refractivity contribution in [1.82, 2.24) is 10.2 Å². The van der Waals surface area contributed by atoms with E-state index in [-0.39, 0.29) is 0 Å². The van der Waals surface area contributed by atoms with Gasteiger partial charge in [0.05, 0.1) is 33.9 Å². The van der Waals surface area contributed by atoms with Crippen molar-refractivity contribution >= 4 is 44.4 Å². The molecule has 0 aliphatic heterocycles. The molecule has 78 valence electrons. The fourth-order valence-corrected chi connectivity index (χ4v) is 2.03. The number of ether oxygens (including phenoxy) is 1. The second-order valence-corrected chi connectivity index (χ2v) is 4.07. The molecule has 0 aliphatic carbocycles. The van der Waals surface area contributed by atoms with E-state index in [1.54, 1.807) is 12.3 Å². The summed E-state index contributed by atoms with van der Waals surface area (Å²) in [4.78, 5) is 11.5. The van der Waals surface area contributed by atoms with Gasteiger partial charge in [-0.3, -0.25) is 5.10 Å². The highest BCUT2D eigenvalue weighted by Crippen LogP contribution is 2.32. The Bertz CT molecular complexity index is 538. The number of fused-ring (bicyclic) bond motifs is 1. The standard InChI is InChI=1S/C9H6BrClN2O2/c1-15-9(14)7-4-3-12-13-6(4)2-5(11)8(7)10/h2-3H,1H3,(H,12,13). The Morgan fingerprint density at radius 1 is 1.67 bits per heavy atom. The third kappa shape index (κ3) is 1.61. The summed E-state index contributed by atoms with van der Waals surface area (Å²) >= 11 is 9.20. The average Bonchev–Trinajstić information content (AvgIpc) is 2.66. The summed E-state index contributed by atoms with van der Waals surface area (Å²) in [5.74, 6) is -0.448. The number of nitrogens with one attached hydrogen (secondary N) is 1. The number of aromatic amines is 1. The smallest absolute Gasteiger partial charge is 0.339 e. The first-order valence-corrected chi connectivity index (χ1v) is 5.21. The van der Waals surface area contributed by atoms with Gasteiger partial charge >= 0.3 is 5.97 Å². The van der Waals surface area contributed by atoms with E-state index in [2.05, 4.69) is 30.9 Å². The van der Waals surface area contributed by atoms with Gasteiger partial charge in [-0.15, -0.1) is 0 Å². The van der Waals surface area contributed by atoms with Crippen LogP contribution >= 0.6 is 27.5 Å². The minimum Gasteiger partial charge on any atom is -0.465 e. The molecule has 1 heterocycles. The molecule has 1 aromatic heterocycles. The van der Waals surface area contributed by atoms with Gasteiger partial charge in [0, 0.05) is 5.39 Å². The van der Waals surface area contributed by atoms with Crippen LogP contribution in [-0.4, -0.2) is 23.3 Å². The van der Waals surface area contributed by atoms with Crippen LogP contribution in [0, 0.1) is 0 Å². The number of halogens is 2. The van der Waals surface area contributed by atoms with Crippen LogP contribution in [0.25, 0.3) is 10.9 Å². The van der Waals surface area contributed by atoms with Crippen LogP contribution in [0.2, 0.25) is 5.02 Å². The highest BCUT2D eigenvalue weighted by molar-refractivity contribution is 9.10. The maximum Gasteiger partial charge on any atom is 0.339 e. The Labute approximate surface area is 98.7 Å². The molecule has 0 radical (unpaired) electrons. The largest absolute Gasteiger partial charge is 0.465 e. The molecule has 0 bridgehead atoms. The Morgan fingerprint density at radius 3 is 3.07 bits per heavy atom. The van der Waals surface area contributed by atoms with Crippen LogP contribution in [0.3, 0.4) is 0 Å². The first kappa shape index (κ1) is 10.4. The zero-order valence-electron chi connectivity index (χ0n) is 7.67. The van der Waals surface area contributed by atoms with Gasteiger partial charge in [-0.25, -0.2) is 4.79 Å². The summed E-state index contributed by atoms with van der Waals surface area (Å²) in [6.45, 7) is 0. The highest BCUT2D eigenvalue weighted by Gasteiger charge is 2.18. The monoisotopic (exact) mass is 288 g/mol. The third-order valence-electron chi connectivity index (χ3n) is 2.03. The molecule has 1 N–H and O–H groups in total. The van der Waals surface area contributed by atoms with Gasteiger partial charge < -0.3 is 4.74 Å². The zero-order valence-corrected chi connectivity index (χ0v) is 10.0. The number of H-pyrrole nitrogens is 1. The molecule has 15 heavy (non-hydrogen) atoms. The van der Waals surface area contributed by atoms with Crippen molar-refractivity contribution in [2.24, 2.45) is 0 Å². The second kappa shape index (κ2) is 3.83. The topological polar surface area (TPSA) is 55.0 Å². The van der Waals surface area contributed by atoms with Crippen LogP contribution in [-0.2, 0) is 4.74 Å². The van der Waals surface area contributed by atoms with Crippen molar-refractivity contribution in [3.8, 4) is 0 Å². The summed E-state index contributed by atoms with van der Waals surface area (Å²) in [6.07, 6.45) is 1.56.